The van der Waals surface area contributed by atoms with E-state index in [1.807, 2.05) is 26.8 Å². The van der Waals surface area contributed by atoms with Crippen LogP contribution in [0.5, 0.6) is 5.75 Å². The molecule has 0 spiro atoms. The number of rotatable bonds is 3. The molecule has 2 aromatic carbocycles. The van der Waals surface area contributed by atoms with Gasteiger partial charge in [0.2, 0.25) is 0 Å². The number of carbonyl (C=O) groups is 1. The van der Waals surface area contributed by atoms with Gasteiger partial charge in [-0.05, 0) is 75.6 Å². The van der Waals surface area contributed by atoms with Crippen LogP contribution in [0.3, 0.4) is 0 Å². The molecule has 3 heterocycles. The van der Waals surface area contributed by atoms with Crippen molar-refractivity contribution < 1.29 is 14.3 Å². The molecular weight excluding hydrogens is 438 g/mol. The predicted molar refractivity (Wildman–Crippen MR) is 141 cm³/mol. The van der Waals surface area contributed by atoms with Crippen LogP contribution in [0.1, 0.15) is 38.4 Å². The van der Waals surface area contributed by atoms with Crippen LogP contribution >= 0.6 is 0 Å². The van der Waals surface area contributed by atoms with Gasteiger partial charge in [-0.2, -0.15) is 0 Å². The van der Waals surface area contributed by atoms with Crippen molar-refractivity contribution in [2.24, 2.45) is 0 Å². The van der Waals surface area contributed by atoms with Gasteiger partial charge in [-0.3, -0.25) is 0 Å². The highest BCUT2D eigenvalue weighted by molar-refractivity contribution is 5.91. The van der Waals surface area contributed by atoms with Crippen molar-refractivity contribution in [3.63, 3.8) is 0 Å². The number of aromatic amines is 1. The van der Waals surface area contributed by atoms with E-state index in [0.29, 0.717) is 13.1 Å². The highest BCUT2D eigenvalue weighted by atomic mass is 16.6. The molecule has 0 aliphatic carbocycles. The zero-order chi connectivity index (χ0) is 24.7. The lowest BCUT2D eigenvalue weighted by Gasteiger charge is -2.29. The summed E-state index contributed by atoms with van der Waals surface area (Å²) in [6.45, 7) is 8.92. The van der Waals surface area contributed by atoms with Crippen LogP contribution in [0.2, 0.25) is 0 Å². The van der Waals surface area contributed by atoms with Crippen LogP contribution in [-0.2, 0) is 4.74 Å². The number of benzene rings is 2. The van der Waals surface area contributed by atoms with Crippen molar-refractivity contribution in [1.82, 2.24) is 14.9 Å². The van der Waals surface area contributed by atoms with Crippen molar-refractivity contribution >= 4 is 33.5 Å². The van der Waals surface area contributed by atoms with Gasteiger partial charge < -0.3 is 19.4 Å². The lowest BCUT2D eigenvalue weighted by molar-refractivity contribution is 0.0270. The highest BCUT2D eigenvalue weighted by Crippen LogP contribution is 2.35. The largest absolute Gasteiger partial charge is 0.496 e. The quantitative estimate of drug-likeness (QED) is 0.361. The Balaban J connectivity index is 1.40. The Morgan fingerprint density at radius 3 is 2.60 bits per heavy atom. The Morgan fingerprint density at radius 1 is 1.06 bits per heavy atom. The van der Waals surface area contributed by atoms with Crippen LogP contribution in [-0.4, -0.2) is 46.8 Å². The molecule has 0 fully saturated rings. The van der Waals surface area contributed by atoms with Gasteiger partial charge in [-0.15, -0.1) is 0 Å². The summed E-state index contributed by atoms with van der Waals surface area (Å²) in [7, 11) is 1.69. The summed E-state index contributed by atoms with van der Waals surface area (Å²) in [6.07, 6.45) is 2.66. The van der Waals surface area contributed by atoms with E-state index in [2.05, 4.69) is 60.4 Å². The molecule has 6 heteroatoms. The minimum Gasteiger partial charge on any atom is -0.496 e. The zero-order valence-corrected chi connectivity index (χ0v) is 20.9. The van der Waals surface area contributed by atoms with Crippen LogP contribution in [0.4, 0.5) is 4.79 Å². The van der Waals surface area contributed by atoms with Crippen molar-refractivity contribution in [3.8, 4) is 17.0 Å². The van der Waals surface area contributed by atoms with Crippen LogP contribution in [0, 0.1) is 6.92 Å². The third-order valence-corrected chi connectivity index (χ3v) is 6.27. The van der Waals surface area contributed by atoms with Crippen LogP contribution in [0.25, 0.3) is 38.6 Å². The van der Waals surface area contributed by atoms with Crippen molar-refractivity contribution in [2.45, 2.75) is 39.7 Å². The Labute approximate surface area is 205 Å². The monoisotopic (exact) mass is 469 g/mol. The van der Waals surface area contributed by atoms with E-state index >= 15 is 0 Å². The number of H-pyrrole nitrogens is 1. The first-order chi connectivity index (χ1) is 16.7. The average Bonchev–Trinajstić information content (AvgIpc) is 3.20. The molecule has 1 aliphatic rings. The molecule has 0 saturated heterocycles. The van der Waals surface area contributed by atoms with E-state index in [1.165, 1.54) is 5.57 Å². The van der Waals surface area contributed by atoms with Crippen molar-refractivity contribution in [2.75, 3.05) is 20.2 Å². The number of hydrogen-bond acceptors (Lipinski definition) is 4. The molecule has 1 amide bonds. The first kappa shape index (κ1) is 23.0. The number of ether oxygens (including phenoxy) is 2. The fourth-order valence-corrected chi connectivity index (χ4v) is 4.57. The van der Waals surface area contributed by atoms with Crippen LogP contribution in [0.15, 0.2) is 54.6 Å². The highest BCUT2D eigenvalue weighted by Gasteiger charge is 2.24. The van der Waals surface area contributed by atoms with Gasteiger partial charge in [0.05, 0.1) is 18.3 Å². The minimum absolute atomic E-state index is 0.258. The topological polar surface area (TPSA) is 67.5 Å². The summed E-state index contributed by atoms with van der Waals surface area (Å²) in [4.78, 5) is 22.4. The number of fused-ring (bicyclic) bond motifs is 2. The number of hydrogen-bond donors (Lipinski definition) is 1. The normalized spacial score (nSPS) is 14.3. The summed E-state index contributed by atoms with van der Waals surface area (Å²) in [5.41, 5.74) is 6.88. The Morgan fingerprint density at radius 2 is 1.89 bits per heavy atom. The maximum atomic E-state index is 12.4. The number of pyridine rings is 1. The van der Waals surface area contributed by atoms with E-state index in [4.69, 9.17) is 14.5 Å². The minimum atomic E-state index is -0.485. The van der Waals surface area contributed by atoms with Gasteiger partial charge in [0, 0.05) is 46.7 Å². The molecule has 0 radical (unpaired) electrons. The molecule has 0 saturated carbocycles. The Bertz CT molecular complexity index is 1460. The van der Waals surface area contributed by atoms with Gasteiger partial charge in [0.25, 0.3) is 0 Å². The summed E-state index contributed by atoms with van der Waals surface area (Å²) >= 11 is 0. The molecule has 6 nitrogen and oxygen atoms in total. The summed E-state index contributed by atoms with van der Waals surface area (Å²) in [5, 5.41) is 2.22. The zero-order valence-electron chi connectivity index (χ0n) is 20.9. The number of methoxy groups -OCH3 is 1. The molecule has 0 atom stereocenters. The fraction of sp³-hybridized carbons (Fsp3) is 0.310. The molecule has 180 valence electrons. The maximum absolute atomic E-state index is 12.4. The Kier molecular flexibility index (Phi) is 5.75. The van der Waals surface area contributed by atoms with E-state index < -0.39 is 5.60 Å². The fourth-order valence-electron chi connectivity index (χ4n) is 4.57. The number of nitrogens with zero attached hydrogens (tertiary/aromatic N) is 2. The first-order valence-corrected chi connectivity index (χ1v) is 12.0. The predicted octanol–water partition coefficient (Wildman–Crippen LogP) is 6.72. The molecule has 4 aromatic rings. The molecule has 0 unspecified atom stereocenters. The van der Waals surface area contributed by atoms with Gasteiger partial charge in [-0.25, -0.2) is 9.78 Å². The second-order valence-electron chi connectivity index (χ2n) is 10.1. The second kappa shape index (κ2) is 8.77. The number of carbonyl (C=O) groups excluding carboxylic acids is 1. The molecule has 1 aliphatic heterocycles. The Hall–Kier alpha value is -3.80. The molecule has 2 aromatic heterocycles. The molecule has 35 heavy (non-hydrogen) atoms. The third kappa shape index (κ3) is 4.74. The number of aryl methyl sites for hydroxylation is 1. The van der Waals surface area contributed by atoms with E-state index in [9.17, 15) is 4.79 Å². The molecule has 0 bridgehead atoms. The maximum Gasteiger partial charge on any atom is 0.410 e. The van der Waals surface area contributed by atoms with Gasteiger partial charge in [0.1, 0.15) is 11.4 Å². The van der Waals surface area contributed by atoms with Crippen LogP contribution < -0.4 is 4.74 Å². The van der Waals surface area contributed by atoms with E-state index in [-0.39, 0.29) is 6.09 Å². The number of amides is 1. The number of aromatic nitrogens is 2. The van der Waals surface area contributed by atoms with Crippen molar-refractivity contribution in [1.29, 1.82) is 0 Å². The first-order valence-electron chi connectivity index (χ1n) is 12.0. The third-order valence-electron chi connectivity index (χ3n) is 6.27. The molecule has 1 N–H and O–H groups in total. The standard InChI is InChI=1S/C29H31N3O3/c1-18-14-22-16-23(27(34-5)17-26(22)30-18)25-9-7-21-15-20(6-8-24(21)31-25)19-10-12-32(13-11-19)28(33)35-29(2,3)4/h6-10,14-17,30H,11-13H2,1-5H3. The van der Waals surface area contributed by atoms with Gasteiger partial charge in [-0.1, -0.05) is 18.2 Å². The lowest BCUT2D eigenvalue weighted by atomic mass is 9.97. The van der Waals surface area contributed by atoms with Crippen molar-refractivity contribution in [3.05, 3.63) is 65.9 Å². The lowest BCUT2D eigenvalue weighted by Crippen LogP contribution is -2.39. The molecule has 5 rings (SSSR count). The van der Waals surface area contributed by atoms with Gasteiger partial charge >= 0.3 is 6.09 Å². The van der Waals surface area contributed by atoms with Gasteiger partial charge in [0.15, 0.2) is 0 Å². The SMILES string of the molecule is COc1cc2[nH]c(C)cc2cc1-c1ccc2cc(C3=CCN(C(=O)OC(C)(C)C)CC3)ccc2n1. The average molecular weight is 470 g/mol. The number of nitrogens with one attached hydrogen (secondary N) is 1. The molecular formula is C29H31N3O3. The summed E-state index contributed by atoms with van der Waals surface area (Å²) in [5.74, 6) is 0.796. The van der Waals surface area contributed by atoms with E-state index in [1.54, 1.807) is 12.0 Å². The summed E-state index contributed by atoms with van der Waals surface area (Å²) in [6, 6.07) is 16.8. The smallest absolute Gasteiger partial charge is 0.410 e. The van der Waals surface area contributed by atoms with E-state index in [0.717, 1.165) is 56.5 Å². The second-order valence-corrected chi connectivity index (χ2v) is 10.1. The summed E-state index contributed by atoms with van der Waals surface area (Å²) < 4.78 is 11.2.